The number of aromatic nitrogens is 2. The molecule has 1 aliphatic rings. The summed E-state index contributed by atoms with van der Waals surface area (Å²) in [4.78, 5) is 10.6. The Bertz CT molecular complexity index is 878. The quantitative estimate of drug-likeness (QED) is 0.854. The molecule has 3 rings (SSSR count). The van der Waals surface area contributed by atoms with E-state index in [1.165, 1.54) is 12.1 Å². The molecule has 1 N–H and O–H groups in total. The molecule has 0 radical (unpaired) electrons. The van der Waals surface area contributed by atoms with Gasteiger partial charge in [-0.2, -0.15) is 4.98 Å². The minimum atomic E-state index is -2.99. The van der Waals surface area contributed by atoms with Gasteiger partial charge in [0.25, 0.3) is 0 Å². The van der Waals surface area contributed by atoms with Crippen LogP contribution in [0.15, 0.2) is 30.5 Å². The van der Waals surface area contributed by atoms with Gasteiger partial charge < -0.3 is 10.2 Å². The predicted octanol–water partition coefficient (Wildman–Crippen LogP) is 3.03. The van der Waals surface area contributed by atoms with E-state index in [0.717, 1.165) is 0 Å². The molecule has 2 heterocycles. The topological polar surface area (TPSA) is 75.2 Å². The summed E-state index contributed by atoms with van der Waals surface area (Å²) in [7, 11) is -2.99. The molecule has 1 saturated heterocycles. The van der Waals surface area contributed by atoms with Crippen LogP contribution in [0.4, 0.5) is 21.8 Å². The van der Waals surface area contributed by atoms with Gasteiger partial charge in [-0.25, -0.2) is 17.8 Å². The molecule has 1 atom stereocenters. The van der Waals surface area contributed by atoms with Crippen LogP contribution < -0.4 is 10.2 Å². The standard InChI is InChI=1S/C16H18ClFN4O2S/c1-2-22(12-6-8-25(23,24)10-12)16-19-7-5-15(21-16)20-11-3-4-14(18)13(17)9-11/h3-5,7,9,12H,2,6,8,10H2,1H3,(H,19,20,21). The maximum atomic E-state index is 13.2. The lowest BCUT2D eigenvalue weighted by molar-refractivity contribution is 0.599. The van der Waals surface area contributed by atoms with Crippen LogP contribution in [0.1, 0.15) is 13.3 Å². The first-order valence-corrected chi connectivity index (χ1v) is 10.1. The molecule has 9 heteroatoms. The summed E-state index contributed by atoms with van der Waals surface area (Å²) in [5, 5.41) is 3.07. The minimum Gasteiger partial charge on any atom is -0.340 e. The van der Waals surface area contributed by atoms with Crippen LogP contribution in [0.2, 0.25) is 5.02 Å². The SMILES string of the molecule is CCN(c1nccc(Nc2ccc(F)c(Cl)c2)n1)C1CCS(=O)(=O)C1. The Morgan fingerprint density at radius 1 is 1.40 bits per heavy atom. The summed E-state index contributed by atoms with van der Waals surface area (Å²) in [5.41, 5.74) is 0.600. The second-order valence-electron chi connectivity index (χ2n) is 5.84. The molecule has 134 valence electrons. The largest absolute Gasteiger partial charge is 0.340 e. The van der Waals surface area contributed by atoms with E-state index in [9.17, 15) is 12.8 Å². The third-order valence-electron chi connectivity index (χ3n) is 4.08. The van der Waals surface area contributed by atoms with E-state index >= 15 is 0 Å². The summed E-state index contributed by atoms with van der Waals surface area (Å²) in [6.07, 6.45) is 2.17. The lowest BCUT2D eigenvalue weighted by Crippen LogP contribution is -2.37. The number of hydrogen-bond acceptors (Lipinski definition) is 6. The second-order valence-corrected chi connectivity index (χ2v) is 8.47. The molecule has 0 spiro atoms. The van der Waals surface area contributed by atoms with E-state index < -0.39 is 15.7 Å². The van der Waals surface area contributed by atoms with Crippen LogP contribution in [-0.4, -0.2) is 42.5 Å². The first kappa shape index (κ1) is 17.9. The van der Waals surface area contributed by atoms with Crippen molar-refractivity contribution in [2.45, 2.75) is 19.4 Å². The third kappa shape index (κ3) is 4.19. The van der Waals surface area contributed by atoms with Crippen molar-refractivity contribution in [2.24, 2.45) is 0 Å². The minimum absolute atomic E-state index is 0.0191. The fourth-order valence-corrected chi connectivity index (χ4v) is 4.77. The Morgan fingerprint density at radius 2 is 2.20 bits per heavy atom. The van der Waals surface area contributed by atoms with Gasteiger partial charge in [-0.1, -0.05) is 11.6 Å². The van der Waals surface area contributed by atoms with Crippen molar-refractivity contribution < 1.29 is 12.8 Å². The van der Waals surface area contributed by atoms with Gasteiger partial charge >= 0.3 is 0 Å². The number of hydrogen-bond donors (Lipinski definition) is 1. The smallest absolute Gasteiger partial charge is 0.227 e. The summed E-state index contributed by atoms with van der Waals surface area (Å²) in [6, 6.07) is 5.86. The van der Waals surface area contributed by atoms with Gasteiger partial charge in [0.05, 0.1) is 16.5 Å². The highest BCUT2D eigenvalue weighted by molar-refractivity contribution is 7.91. The van der Waals surface area contributed by atoms with Crippen LogP contribution in [0.25, 0.3) is 0 Å². The summed E-state index contributed by atoms with van der Waals surface area (Å²) in [6.45, 7) is 2.54. The first-order chi connectivity index (χ1) is 11.9. The fraction of sp³-hybridized carbons (Fsp3) is 0.375. The Labute approximate surface area is 151 Å². The first-order valence-electron chi connectivity index (χ1n) is 7.90. The van der Waals surface area contributed by atoms with Gasteiger partial charge in [0.1, 0.15) is 11.6 Å². The van der Waals surface area contributed by atoms with Gasteiger partial charge in [-0.05, 0) is 37.6 Å². The van der Waals surface area contributed by atoms with Crippen molar-refractivity contribution in [3.05, 3.63) is 41.3 Å². The molecule has 0 saturated carbocycles. The zero-order valence-corrected chi connectivity index (χ0v) is 15.2. The molecule has 1 fully saturated rings. The maximum absolute atomic E-state index is 13.2. The summed E-state index contributed by atoms with van der Waals surface area (Å²) < 4.78 is 36.7. The van der Waals surface area contributed by atoms with Crippen molar-refractivity contribution in [1.29, 1.82) is 0 Å². The zero-order chi connectivity index (χ0) is 18.0. The number of benzene rings is 1. The van der Waals surface area contributed by atoms with Crippen LogP contribution in [0, 0.1) is 5.82 Å². The lowest BCUT2D eigenvalue weighted by Gasteiger charge is -2.26. The van der Waals surface area contributed by atoms with E-state index in [4.69, 9.17) is 11.6 Å². The third-order valence-corrected chi connectivity index (χ3v) is 6.12. The van der Waals surface area contributed by atoms with Crippen molar-refractivity contribution in [1.82, 2.24) is 9.97 Å². The lowest BCUT2D eigenvalue weighted by atomic mass is 10.2. The molecule has 2 aromatic rings. The molecule has 0 bridgehead atoms. The molecule has 0 amide bonds. The highest BCUT2D eigenvalue weighted by Crippen LogP contribution is 2.25. The normalized spacial score (nSPS) is 18.9. The second kappa shape index (κ2) is 7.13. The number of nitrogens with one attached hydrogen (secondary N) is 1. The Balaban J connectivity index is 1.81. The Morgan fingerprint density at radius 3 is 2.84 bits per heavy atom. The number of sulfone groups is 1. The van der Waals surface area contributed by atoms with E-state index in [0.29, 0.717) is 30.4 Å². The average Bonchev–Trinajstić information content (AvgIpc) is 2.92. The highest BCUT2D eigenvalue weighted by atomic mass is 35.5. The van der Waals surface area contributed by atoms with Gasteiger partial charge in [0, 0.05) is 24.5 Å². The van der Waals surface area contributed by atoms with Crippen LogP contribution in [0.5, 0.6) is 0 Å². The van der Waals surface area contributed by atoms with Crippen molar-refractivity contribution in [3.63, 3.8) is 0 Å². The highest BCUT2D eigenvalue weighted by Gasteiger charge is 2.32. The Kier molecular flexibility index (Phi) is 5.10. The van der Waals surface area contributed by atoms with Crippen LogP contribution >= 0.6 is 11.6 Å². The average molecular weight is 385 g/mol. The summed E-state index contributed by atoms with van der Waals surface area (Å²) in [5.74, 6) is 0.806. The molecule has 1 aromatic heterocycles. The number of rotatable bonds is 5. The van der Waals surface area contributed by atoms with E-state index in [1.807, 2.05) is 11.8 Å². The van der Waals surface area contributed by atoms with Gasteiger partial charge in [-0.3, -0.25) is 0 Å². The number of nitrogens with zero attached hydrogens (tertiary/aromatic N) is 3. The van der Waals surface area contributed by atoms with Gasteiger partial charge in [0.15, 0.2) is 9.84 Å². The van der Waals surface area contributed by atoms with Gasteiger partial charge in [0.2, 0.25) is 5.95 Å². The molecule has 1 aromatic carbocycles. The van der Waals surface area contributed by atoms with Crippen LogP contribution in [-0.2, 0) is 9.84 Å². The molecular weight excluding hydrogens is 367 g/mol. The molecule has 6 nitrogen and oxygen atoms in total. The summed E-state index contributed by atoms with van der Waals surface area (Å²) >= 11 is 5.78. The molecule has 1 unspecified atom stereocenters. The molecule has 1 aliphatic heterocycles. The van der Waals surface area contributed by atoms with Crippen molar-refractivity contribution >= 4 is 38.9 Å². The predicted molar refractivity (Wildman–Crippen MR) is 96.8 cm³/mol. The zero-order valence-electron chi connectivity index (χ0n) is 13.6. The van der Waals surface area contributed by atoms with Gasteiger partial charge in [-0.15, -0.1) is 0 Å². The Hall–Kier alpha value is -1.93. The van der Waals surface area contributed by atoms with E-state index in [2.05, 4.69) is 15.3 Å². The number of anilines is 3. The van der Waals surface area contributed by atoms with E-state index in [1.54, 1.807) is 18.3 Å². The van der Waals surface area contributed by atoms with Crippen LogP contribution in [0.3, 0.4) is 0 Å². The molecule has 25 heavy (non-hydrogen) atoms. The maximum Gasteiger partial charge on any atom is 0.227 e. The van der Waals surface area contributed by atoms with E-state index in [-0.39, 0.29) is 22.6 Å². The number of halogens is 2. The molecular formula is C16H18ClFN4O2S. The monoisotopic (exact) mass is 384 g/mol. The van der Waals surface area contributed by atoms with Crippen molar-refractivity contribution in [3.8, 4) is 0 Å². The fourth-order valence-electron chi connectivity index (χ4n) is 2.86. The van der Waals surface area contributed by atoms with Crippen molar-refractivity contribution in [2.75, 3.05) is 28.3 Å². The molecule has 0 aliphatic carbocycles.